The summed E-state index contributed by atoms with van der Waals surface area (Å²) in [6.07, 6.45) is -3.59. The second kappa shape index (κ2) is 9.98. The van der Waals surface area contributed by atoms with Crippen LogP contribution >= 0.6 is 0 Å². The standard InChI is InChI=1S/C22H16F4N4O4/c1-27-21(33)18-11-15(8-9-28-18)34-14-5-2-12(3-6-14)19(31)29-30-20(32)13-4-7-17(23)16(10-13)22(24,25)26/h2-11H,1H3,(H,27,33)(H,29,31)(H,30,32). The normalized spacial score (nSPS) is 10.9. The molecule has 0 saturated carbocycles. The predicted molar refractivity (Wildman–Crippen MR) is 110 cm³/mol. The van der Waals surface area contributed by atoms with E-state index in [4.69, 9.17) is 4.74 Å². The molecule has 8 nitrogen and oxygen atoms in total. The third-order valence-corrected chi connectivity index (χ3v) is 4.37. The number of nitrogens with zero attached hydrogens (tertiary/aromatic N) is 1. The Morgan fingerprint density at radius 1 is 0.824 bits per heavy atom. The highest BCUT2D eigenvalue weighted by molar-refractivity contribution is 5.99. The highest BCUT2D eigenvalue weighted by Crippen LogP contribution is 2.31. The maximum atomic E-state index is 13.4. The fourth-order valence-corrected chi connectivity index (χ4v) is 2.68. The monoisotopic (exact) mass is 476 g/mol. The van der Waals surface area contributed by atoms with E-state index < -0.39 is 40.8 Å². The van der Waals surface area contributed by atoms with E-state index in [1.165, 1.54) is 49.6 Å². The van der Waals surface area contributed by atoms with Crippen molar-refractivity contribution in [1.29, 1.82) is 0 Å². The van der Waals surface area contributed by atoms with Crippen LogP contribution in [0.5, 0.6) is 11.5 Å². The highest BCUT2D eigenvalue weighted by Gasteiger charge is 2.34. The molecule has 0 unspecified atom stereocenters. The smallest absolute Gasteiger partial charge is 0.419 e. The Morgan fingerprint density at radius 2 is 1.44 bits per heavy atom. The van der Waals surface area contributed by atoms with Crippen molar-refractivity contribution in [1.82, 2.24) is 21.2 Å². The van der Waals surface area contributed by atoms with Crippen LogP contribution in [0.1, 0.15) is 36.8 Å². The molecule has 176 valence electrons. The molecule has 0 bridgehead atoms. The summed E-state index contributed by atoms with van der Waals surface area (Å²) in [4.78, 5) is 39.8. The zero-order chi connectivity index (χ0) is 24.9. The fraction of sp³-hybridized carbons (Fsp3) is 0.0909. The summed E-state index contributed by atoms with van der Waals surface area (Å²) in [6, 6.07) is 10.3. The van der Waals surface area contributed by atoms with Crippen molar-refractivity contribution in [2.75, 3.05) is 7.05 Å². The summed E-state index contributed by atoms with van der Waals surface area (Å²) in [5, 5.41) is 2.44. The minimum Gasteiger partial charge on any atom is -0.457 e. The van der Waals surface area contributed by atoms with Gasteiger partial charge in [0, 0.05) is 30.4 Å². The Bertz CT molecular complexity index is 1230. The number of hydrazine groups is 1. The van der Waals surface area contributed by atoms with E-state index in [-0.39, 0.29) is 11.3 Å². The van der Waals surface area contributed by atoms with Crippen molar-refractivity contribution in [3.63, 3.8) is 0 Å². The van der Waals surface area contributed by atoms with Gasteiger partial charge in [0.05, 0.1) is 5.56 Å². The van der Waals surface area contributed by atoms with Gasteiger partial charge < -0.3 is 10.1 Å². The molecule has 3 rings (SSSR count). The first-order valence-electron chi connectivity index (χ1n) is 9.52. The van der Waals surface area contributed by atoms with Gasteiger partial charge in [-0.15, -0.1) is 0 Å². The van der Waals surface area contributed by atoms with Crippen molar-refractivity contribution < 1.29 is 36.7 Å². The van der Waals surface area contributed by atoms with Crippen LogP contribution in [0.4, 0.5) is 17.6 Å². The first kappa shape index (κ1) is 24.2. The van der Waals surface area contributed by atoms with E-state index in [9.17, 15) is 31.9 Å². The van der Waals surface area contributed by atoms with E-state index in [1.54, 1.807) is 0 Å². The number of ether oxygens (including phenoxy) is 1. The fourth-order valence-electron chi connectivity index (χ4n) is 2.68. The van der Waals surface area contributed by atoms with Gasteiger partial charge in [-0.2, -0.15) is 13.2 Å². The molecule has 0 fully saturated rings. The number of halogens is 4. The first-order chi connectivity index (χ1) is 16.1. The van der Waals surface area contributed by atoms with Gasteiger partial charge in [0.15, 0.2) is 0 Å². The summed E-state index contributed by atoms with van der Waals surface area (Å²) in [7, 11) is 1.46. The minimum absolute atomic E-state index is 0.100. The molecule has 3 amide bonds. The molecule has 2 aromatic carbocycles. The van der Waals surface area contributed by atoms with E-state index in [0.717, 1.165) is 6.07 Å². The van der Waals surface area contributed by atoms with E-state index in [2.05, 4.69) is 15.7 Å². The lowest BCUT2D eigenvalue weighted by atomic mass is 10.1. The van der Waals surface area contributed by atoms with E-state index >= 15 is 0 Å². The third-order valence-electron chi connectivity index (χ3n) is 4.37. The number of benzene rings is 2. The second-order valence-corrected chi connectivity index (χ2v) is 6.68. The molecule has 1 aromatic heterocycles. The van der Waals surface area contributed by atoms with Gasteiger partial charge in [0.25, 0.3) is 17.7 Å². The van der Waals surface area contributed by atoms with Crippen molar-refractivity contribution in [2.45, 2.75) is 6.18 Å². The van der Waals surface area contributed by atoms with E-state index in [1.807, 2.05) is 5.43 Å². The molecule has 0 spiro atoms. The number of carbonyl (C=O) groups is 3. The molecule has 0 atom stereocenters. The summed E-state index contributed by atoms with van der Waals surface area (Å²) < 4.78 is 57.4. The summed E-state index contributed by atoms with van der Waals surface area (Å²) in [5.41, 5.74) is 2.18. The van der Waals surface area contributed by atoms with Crippen LogP contribution in [-0.4, -0.2) is 29.8 Å². The van der Waals surface area contributed by atoms with Gasteiger partial charge in [0.1, 0.15) is 23.0 Å². The zero-order valence-electron chi connectivity index (χ0n) is 17.4. The molecule has 3 N–H and O–H groups in total. The Balaban J connectivity index is 1.61. The molecule has 0 saturated heterocycles. The predicted octanol–water partition coefficient (Wildman–Crippen LogP) is 3.47. The molecular formula is C22H16F4N4O4. The second-order valence-electron chi connectivity index (χ2n) is 6.68. The number of hydrogen-bond donors (Lipinski definition) is 3. The van der Waals surface area contributed by atoms with Crippen LogP contribution in [0, 0.1) is 5.82 Å². The number of hydrogen-bond acceptors (Lipinski definition) is 5. The van der Waals surface area contributed by atoms with Crippen molar-refractivity contribution >= 4 is 17.7 Å². The maximum absolute atomic E-state index is 13.4. The van der Waals surface area contributed by atoms with Gasteiger partial charge in [-0.3, -0.25) is 30.2 Å². The SMILES string of the molecule is CNC(=O)c1cc(Oc2ccc(C(=O)NNC(=O)c3ccc(F)c(C(F)(F)F)c3)cc2)ccn1. The number of rotatable bonds is 5. The lowest BCUT2D eigenvalue weighted by molar-refractivity contribution is -0.140. The van der Waals surface area contributed by atoms with Gasteiger partial charge in [-0.1, -0.05) is 0 Å². The molecule has 0 aliphatic carbocycles. The molecule has 0 radical (unpaired) electrons. The molecule has 1 heterocycles. The molecule has 34 heavy (non-hydrogen) atoms. The average Bonchev–Trinajstić information content (AvgIpc) is 2.82. The van der Waals surface area contributed by atoms with Gasteiger partial charge in [-0.05, 0) is 48.5 Å². The van der Waals surface area contributed by atoms with Gasteiger partial charge >= 0.3 is 6.18 Å². The van der Waals surface area contributed by atoms with Crippen LogP contribution in [0.2, 0.25) is 0 Å². The van der Waals surface area contributed by atoms with Crippen LogP contribution in [0.15, 0.2) is 60.8 Å². The Hall–Kier alpha value is -4.48. The maximum Gasteiger partial charge on any atom is 0.419 e. The molecular weight excluding hydrogens is 460 g/mol. The third kappa shape index (κ3) is 5.85. The zero-order valence-corrected chi connectivity index (χ0v) is 17.4. The van der Waals surface area contributed by atoms with Crippen LogP contribution in [-0.2, 0) is 6.18 Å². The Kier molecular flexibility index (Phi) is 7.09. The Labute approximate surface area is 189 Å². The molecule has 0 aliphatic rings. The average molecular weight is 476 g/mol. The van der Waals surface area contributed by atoms with Crippen LogP contribution < -0.4 is 20.9 Å². The van der Waals surface area contributed by atoms with E-state index in [0.29, 0.717) is 23.6 Å². The van der Waals surface area contributed by atoms with Gasteiger partial charge in [-0.25, -0.2) is 4.39 Å². The minimum atomic E-state index is -4.98. The summed E-state index contributed by atoms with van der Waals surface area (Å²) in [5.74, 6) is -3.08. The number of carbonyl (C=O) groups excluding carboxylic acids is 3. The number of amides is 3. The molecule has 12 heteroatoms. The number of pyridine rings is 1. The van der Waals surface area contributed by atoms with Crippen molar-refractivity contribution in [3.05, 3.63) is 89.0 Å². The van der Waals surface area contributed by atoms with Gasteiger partial charge in [0.2, 0.25) is 0 Å². The number of alkyl halides is 3. The highest BCUT2D eigenvalue weighted by atomic mass is 19.4. The lowest BCUT2D eigenvalue weighted by Gasteiger charge is -2.11. The largest absolute Gasteiger partial charge is 0.457 e. The number of nitrogens with one attached hydrogen (secondary N) is 3. The van der Waals surface area contributed by atoms with Crippen molar-refractivity contribution in [2.24, 2.45) is 0 Å². The summed E-state index contributed by atoms with van der Waals surface area (Å²) >= 11 is 0. The number of aromatic nitrogens is 1. The van der Waals surface area contributed by atoms with Crippen LogP contribution in [0.25, 0.3) is 0 Å². The summed E-state index contributed by atoms with van der Waals surface area (Å²) in [6.45, 7) is 0. The first-order valence-corrected chi connectivity index (χ1v) is 9.52. The molecule has 3 aromatic rings. The quantitative estimate of drug-likeness (QED) is 0.386. The van der Waals surface area contributed by atoms with Crippen molar-refractivity contribution in [3.8, 4) is 11.5 Å². The van der Waals surface area contributed by atoms with Crippen LogP contribution in [0.3, 0.4) is 0 Å². The Morgan fingerprint density at radius 3 is 2.06 bits per heavy atom. The lowest BCUT2D eigenvalue weighted by Crippen LogP contribution is -2.41. The topological polar surface area (TPSA) is 109 Å². The molecule has 0 aliphatic heterocycles.